The number of hydrogen-bond acceptors (Lipinski definition) is 3. The summed E-state index contributed by atoms with van der Waals surface area (Å²) in [6.45, 7) is 0. The Kier molecular flexibility index (Phi) is 3.55. The van der Waals surface area contributed by atoms with E-state index in [0.717, 1.165) is 10.8 Å². The number of sulfone groups is 1. The van der Waals surface area contributed by atoms with Crippen LogP contribution in [0.2, 0.25) is 0 Å². The number of carbonyl (C=O) groups is 1. The van der Waals surface area contributed by atoms with E-state index >= 15 is 0 Å². The Morgan fingerprint density at radius 3 is 2.57 bits per heavy atom. The van der Waals surface area contributed by atoms with E-state index in [1.165, 1.54) is 0 Å². The van der Waals surface area contributed by atoms with Crippen molar-refractivity contribution in [2.75, 3.05) is 16.8 Å². The van der Waals surface area contributed by atoms with Gasteiger partial charge in [0.15, 0.2) is 9.84 Å². The Hall–Kier alpha value is -2.08. The second kappa shape index (κ2) is 5.37. The molecule has 0 radical (unpaired) electrons. The quantitative estimate of drug-likeness (QED) is 0.892. The lowest BCUT2D eigenvalue weighted by molar-refractivity contribution is 0.249. The number of nitrogens with one attached hydrogen (secondary N) is 2. The Morgan fingerprint density at radius 2 is 1.86 bits per heavy atom. The molecule has 0 aromatic heterocycles. The maximum absolute atomic E-state index is 11.9. The number of amides is 2. The van der Waals surface area contributed by atoms with E-state index < -0.39 is 9.84 Å². The molecule has 1 saturated heterocycles. The van der Waals surface area contributed by atoms with Gasteiger partial charge in [-0.1, -0.05) is 30.3 Å². The molecule has 0 unspecified atom stereocenters. The van der Waals surface area contributed by atoms with Crippen molar-refractivity contribution in [3.63, 3.8) is 0 Å². The number of hydrogen-bond donors (Lipinski definition) is 2. The SMILES string of the molecule is O=C(Nc1ccc2ccccc2c1)N[C@H]1CCS(=O)(=O)C1. The summed E-state index contributed by atoms with van der Waals surface area (Å²) in [5.41, 5.74) is 0.687. The predicted octanol–water partition coefficient (Wildman–Crippen LogP) is 2.15. The van der Waals surface area contributed by atoms with Crippen molar-refractivity contribution < 1.29 is 13.2 Å². The molecule has 2 aromatic carbocycles. The topological polar surface area (TPSA) is 75.3 Å². The van der Waals surface area contributed by atoms with Gasteiger partial charge in [0.2, 0.25) is 0 Å². The second-order valence-electron chi connectivity index (χ2n) is 5.26. The molecular formula is C15H16N2O3S. The van der Waals surface area contributed by atoms with Crippen LogP contribution in [0.3, 0.4) is 0 Å². The summed E-state index contributed by atoms with van der Waals surface area (Å²) in [7, 11) is -2.99. The van der Waals surface area contributed by atoms with Crippen LogP contribution in [0.25, 0.3) is 10.8 Å². The first-order valence-electron chi connectivity index (χ1n) is 6.79. The highest BCUT2D eigenvalue weighted by Crippen LogP contribution is 2.19. The first-order valence-corrected chi connectivity index (χ1v) is 8.61. The molecule has 2 aromatic rings. The van der Waals surface area contributed by atoms with Crippen molar-refractivity contribution in [2.45, 2.75) is 12.5 Å². The number of carbonyl (C=O) groups excluding carboxylic acids is 1. The lowest BCUT2D eigenvalue weighted by Gasteiger charge is -2.12. The highest BCUT2D eigenvalue weighted by molar-refractivity contribution is 7.91. The third-order valence-corrected chi connectivity index (χ3v) is 5.34. The van der Waals surface area contributed by atoms with Gasteiger partial charge < -0.3 is 10.6 Å². The van der Waals surface area contributed by atoms with Crippen LogP contribution in [0.5, 0.6) is 0 Å². The van der Waals surface area contributed by atoms with Gasteiger partial charge in [-0.2, -0.15) is 0 Å². The highest BCUT2D eigenvalue weighted by atomic mass is 32.2. The van der Waals surface area contributed by atoms with Gasteiger partial charge >= 0.3 is 6.03 Å². The van der Waals surface area contributed by atoms with E-state index in [0.29, 0.717) is 12.1 Å². The molecule has 0 spiro atoms. The van der Waals surface area contributed by atoms with Gasteiger partial charge in [0.1, 0.15) is 0 Å². The standard InChI is InChI=1S/C15H16N2O3S/c18-15(17-14-7-8-21(19,20)10-14)16-13-6-5-11-3-1-2-4-12(11)9-13/h1-6,9,14H,7-8,10H2,(H2,16,17,18)/t14-/m0/s1. The van der Waals surface area contributed by atoms with Gasteiger partial charge in [0.05, 0.1) is 11.5 Å². The van der Waals surface area contributed by atoms with Crippen molar-refractivity contribution in [1.29, 1.82) is 0 Å². The first kappa shape index (κ1) is 13.9. The maximum Gasteiger partial charge on any atom is 0.319 e. The Bertz CT molecular complexity index is 786. The lowest BCUT2D eigenvalue weighted by atomic mass is 10.1. The minimum Gasteiger partial charge on any atom is -0.334 e. The fraction of sp³-hybridized carbons (Fsp3) is 0.267. The Balaban J connectivity index is 1.66. The maximum atomic E-state index is 11.9. The summed E-state index contributed by atoms with van der Waals surface area (Å²) in [6.07, 6.45) is 0.480. The molecule has 1 aliphatic heterocycles. The summed E-state index contributed by atoms with van der Waals surface area (Å²) in [6, 6.07) is 12.9. The van der Waals surface area contributed by atoms with Crippen molar-refractivity contribution in [3.05, 3.63) is 42.5 Å². The number of benzene rings is 2. The van der Waals surface area contributed by atoms with Gasteiger partial charge in [-0.25, -0.2) is 13.2 Å². The van der Waals surface area contributed by atoms with Crippen LogP contribution in [0, 0.1) is 0 Å². The van der Waals surface area contributed by atoms with Crippen LogP contribution in [0.1, 0.15) is 6.42 Å². The zero-order chi connectivity index (χ0) is 14.9. The van der Waals surface area contributed by atoms with E-state index in [1.54, 1.807) is 0 Å². The summed E-state index contributed by atoms with van der Waals surface area (Å²) >= 11 is 0. The molecule has 1 aliphatic rings. The minimum absolute atomic E-state index is 0.0259. The molecule has 2 N–H and O–H groups in total. The second-order valence-corrected chi connectivity index (χ2v) is 7.49. The fourth-order valence-electron chi connectivity index (χ4n) is 2.53. The summed E-state index contributed by atoms with van der Waals surface area (Å²) in [5.74, 6) is 0.173. The minimum atomic E-state index is -2.99. The van der Waals surface area contributed by atoms with E-state index in [1.807, 2.05) is 42.5 Å². The van der Waals surface area contributed by atoms with E-state index in [4.69, 9.17) is 0 Å². The predicted molar refractivity (Wildman–Crippen MR) is 83.2 cm³/mol. The molecule has 1 heterocycles. The molecule has 21 heavy (non-hydrogen) atoms. The summed E-state index contributed by atoms with van der Waals surface area (Å²) < 4.78 is 22.7. The molecule has 3 rings (SSSR count). The third kappa shape index (κ3) is 3.33. The lowest BCUT2D eigenvalue weighted by Crippen LogP contribution is -2.38. The highest BCUT2D eigenvalue weighted by Gasteiger charge is 2.28. The zero-order valence-corrected chi connectivity index (χ0v) is 12.2. The number of urea groups is 1. The van der Waals surface area contributed by atoms with Crippen LogP contribution >= 0.6 is 0 Å². The van der Waals surface area contributed by atoms with Crippen LogP contribution in [0.4, 0.5) is 10.5 Å². The van der Waals surface area contributed by atoms with Gasteiger partial charge in [-0.05, 0) is 29.3 Å². The van der Waals surface area contributed by atoms with Crippen molar-refractivity contribution in [3.8, 4) is 0 Å². The smallest absolute Gasteiger partial charge is 0.319 e. The number of anilines is 1. The number of rotatable bonds is 2. The van der Waals surface area contributed by atoms with Crippen LogP contribution < -0.4 is 10.6 Å². The van der Waals surface area contributed by atoms with Crippen molar-refractivity contribution >= 4 is 32.3 Å². The van der Waals surface area contributed by atoms with Gasteiger partial charge in [0.25, 0.3) is 0 Å². The molecule has 6 heteroatoms. The molecule has 1 fully saturated rings. The average Bonchev–Trinajstić information content (AvgIpc) is 2.77. The monoisotopic (exact) mass is 304 g/mol. The molecular weight excluding hydrogens is 288 g/mol. The Labute approximate surface area is 123 Å². The zero-order valence-electron chi connectivity index (χ0n) is 11.4. The van der Waals surface area contributed by atoms with E-state index in [9.17, 15) is 13.2 Å². The van der Waals surface area contributed by atoms with Crippen LogP contribution in [-0.4, -0.2) is 32.0 Å². The molecule has 0 saturated carbocycles. The van der Waals surface area contributed by atoms with E-state index in [-0.39, 0.29) is 23.6 Å². The summed E-state index contributed by atoms with van der Waals surface area (Å²) in [4.78, 5) is 11.9. The first-order chi connectivity index (χ1) is 10.0. The van der Waals surface area contributed by atoms with Crippen molar-refractivity contribution in [2.24, 2.45) is 0 Å². The van der Waals surface area contributed by atoms with Crippen molar-refractivity contribution in [1.82, 2.24) is 5.32 Å². The van der Waals surface area contributed by atoms with Gasteiger partial charge in [-0.3, -0.25) is 0 Å². The molecule has 5 nitrogen and oxygen atoms in total. The Morgan fingerprint density at radius 1 is 1.10 bits per heavy atom. The van der Waals surface area contributed by atoms with Gasteiger partial charge in [0, 0.05) is 11.7 Å². The van der Waals surface area contributed by atoms with Crippen LogP contribution in [-0.2, 0) is 9.84 Å². The normalized spacial score (nSPS) is 20.3. The third-order valence-electron chi connectivity index (χ3n) is 3.57. The summed E-state index contributed by atoms with van der Waals surface area (Å²) in [5, 5.41) is 7.59. The molecule has 0 bridgehead atoms. The largest absolute Gasteiger partial charge is 0.334 e. The molecule has 110 valence electrons. The number of fused-ring (bicyclic) bond motifs is 1. The molecule has 2 amide bonds. The average molecular weight is 304 g/mol. The molecule has 1 atom stereocenters. The van der Waals surface area contributed by atoms with E-state index in [2.05, 4.69) is 10.6 Å². The molecule has 0 aliphatic carbocycles. The van der Waals surface area contributed by atoms with Gasteiger partial charge in [-0.15, -0.1) is 0 Å². The fourth-order valence-corrected chi connectivity index (χ4v) is 4.20. The van der Waals surface area contributed by atoms with Crippen LogP contribution in [0.15, 0.2) is 42.5 Å².